The minimum absolute atomic E-state index is 0. The Balaban J connectivity index is 0.00000784. The monoisotopic (exact) mass is 452 g/mol. The Morgan fingerprint density at radius 1 is 1.03 bits per heavy atom. The van der Waals surface area contributed by atoms with Gasteiger partial charge in [-0.15, -0.1) is 0 Å². The van der Waals surface area contributed by atoms with E-state index in [9.17, 15) is 14.7 Å². The molecule has 1 rings (SSSR count). The van der Waals surface area contributed by atoms with Crippen molar-refractivity contribution in [3.05, 3.63) is 41.2 Å². The first kappa shape index (κ1) is 27.6. The molecule has 0 aliphatic carbocycles. The summed E-state index contributed by atoms with van der Waals surface area (Å²) in [5, 5.41) is 16.8. The first-order chi connectivity index (χ1) is 13.4. The Bertz CT molecular complexity index is 567. The Morgan fingerprint density at radius 3 is 2.24 bits per heavy atom. The van der Waals surface area contributed by atoms with Crippen molar-refractivity contribution in [3.63, 3.8) is 0 Å². The SMILES string of the molecule is CCCCCCCCN[C@@H](Cc1ccccc1)C(=O)[N-][C@H](CC(C)C)C(=O)O.[Cu+]. The maximum Gasteiger partial charge on any atom is 1.00 e. The summed E-state index contributed by atoms with van der Waals surface area (Å²) in [5.41, 5.74) is 1.04. The van der Waals surface area contributed by atoms with Crippen molar-refractivity contribution in [2.75, 3.05) is 6.54 Å². The van der Waals surface area contributed by atoms with E-state index in [-0.39, 0.29) is 28.9 Å². The fourth-order valence-corrected chi connectivity index (χ4v) is 3.18. The average Bonchev–Trinajstić information content (AvgIpc) is 2.66. The fourth-order valence-electron chi connectivity index (χ4n) is 3.18. The van der Waals surface area contributed by atoms with Crippen LogP contribution in [-0.2, 0) is 33.1 Å². The van der Waals surface area contributed by atoms with Crippen LogP contribution in [0.25, 0.3) is 5.32 Å². The van der Waals surface area contributed by atoms with Crippen molar-refractivity contribution in [2.24, 2.45) is 5.92 Å². The van der Waals surface area contributed by atoms with Crippen LogP contribution in [0.1, 0.15) is 71.3 Å². The number of nitrogens with one attached hydrogen (secondary N) is 1. The molecular formula is C23H37CuN2O3. The topological polar surface area (TPSA) is 80.5 Å². The number of unbranched alkanes of at least 4 members (excludes halogenated alkanes) is 5. The molecule has 1 aromatic carbocycles. The third-order valence-corrected chi connectivity index (χ3v) is 4.76. The standard InChI is InChI=1S/C23H38N2O3.Cu/c1-4-5-6-7-8-12-15-24-20(17-19-13-10-9-11-14-19)22(26)25-21(23(27)28)16-18(2)3;/h9-11,13-14,18,20-21,24H,4-8,12,15-17H2,1-3H3,(H2,25,26,27,28);/q;+1/p-1/t20-,21+;/m0./s1. The van der Waals surface area contributed by atoms with E-state index in [2.05, 4.69) is 17.6 Å². The maximum absolute atomic E-state index is 12.8. The number of amides is 1. The van der Waals surface area contributed by atoms with Crippen LogP contribution in [0.15, 0.2) is 30.3 Å². The second-order valence-corrected chi connectivity index (χ2v) is 7.92. The third-order valence-electron chi connectivity index (χ3n) is 4.76. The van der Waals surface area contributed by atoms with Gasteiger partial charge in [0.05, 0.1) is 11.9 Å². The molecule has 29 heavy (non-hydrogen) atoms. The zero-order valence-electron chi connectivity index (χ0n) is 18.0. The van der Waals surface area contributed by atoms with E-state index in [1.54, 1.807) is 0 Å². The number of nitrogens with zero attached hydrogens (tertiary/aromatic N) is 1. The summed E-state index contributed by atoms with van der Waals surface area (Å²) in [6, 6.07) is 8.34. The van der Waals surface area contributed by atoms with Gasteiger partial charge >= 0.3 is 17.1 Å². The number of carbonyl (C=O) groups is 2. The number of carboxylic acids is 1. The molecule has 0 unspecified atom stereocenters. The summed E-state index contributed by atoms with van der Waals surface area (Å²) >= 11 is 0. The number of carbonyl (C=O) groups excluding carboxylic acids is 1. The molecule has 2 N–H and O–H groups in total. The minimum atomic E-state index is -1.03. The Morgan fingerprint density at radius 2 is 1.66 bits per heavy atom. The van der Waals surface area contributed by atoms with E-state index in [1.165, 1.54) is 25.7 Å². The van der Waals surface area contributed by atoms with E-state index >= 15 is 0 Å². The number of rotatable bonds is 15. The molecule has 0 aromatic heterocycles. The van der Waals surface area contributed by atoms with Gasteiger partial charge in [-0.25, -0.2) is 0 Å². The van der Waals surface area contributed by atoms with Gasteiger partial charge in [-0.1, -0.05) is 89.6 Å². The largest absolute Gasteiger partial charge is 1.00 e. The van der Waals surface area contributed by atoms with Crippen molar-refractivity contribution in [1.29, 1.82) is 0 Å². The van der Waals surface area contributed by atoms with Crippen molar-refractivity contribution in [3.8, 4) is 0 Å². The van der Waals surface area contributed by atoms with Gasteiger partial charge in [0.15, 0.2) is 0 Å². The second-order valence-electron chi connectivity index (χ2n) is 7.92. The molecule has 5 nitrogen and oxygen atoms in total. The third kappa shape index (κ3) is 12.7. The average molecular weight is 453 g/mol. The summed E-state index contributed by atoms with van der Waals surface area (Å²) in [5.74, 6) is -1.22. The predicted molar refractivity (Wildman–Crippen MR) is 115 cm³/mol. The molecular weight excluding hydrogens is 416 g/mol. The van der Waals surface area contributed by atoms with E-state index < -0.39 is 18.1 Å². The van der Waals surface area contributed by atoms with Crippen LogP contribution in [0.4, 0.5) is 0 Å². The van der Waals surface area contributed by atoms with Gasteiger partial charge in [-0.05, 0) is 36.9 Å². The Labute approximate surface area is 186 Å². The summed E-state index contributed by atoms with van der Waals surface area (Å²) < 4.78 is 0. The molecule has 0 fully saturated rings. The minimum Gasteiger partial charge on any atom is -0.640 e. The van der Waals surface area contributed by atoms with Crippen molar-refractivity contribution < 1.29 is 31.8 Å². The summed E-state index contributed by atoms with van der Waals surface area (Å²) in [7, 11) is 0. The number of hydrogen-bond donors (Lipinski definition) is 2. The smallest absolute Gasteiger partial charge is 0.640 e. The molecule has 0 bridgehead atoms. The van der Waals surface area contributed by atoms with E-state index in [4.69, 9.17) is 0 Å². The van der Waals surface area contributed by atoms with Crippen molar-refractivity contribution >= 4 is 11.9 Å². The molecule has 0 spiro atoms. The van der Waals surface area contributed by atoms with Crippen LogP contribution >= 0.6 is 0 Å². The van der Waals surface area contributed by atoms with Gasteiger partial charge in [-0.3, -0.25) is 4.79 Å². The van der Waals surface area contributed by atoms with Crippen LogP contribution in [0.3, 0.4) is 0 Å². The van der Waals surface area contributed by atoms with Crippen molar-refractivity contribution in [2.45, 2.75) is 84.2 Å². The molecule has 1 amide bonds. The summed E-state index contributed by atoms with van der Waals surface area (Å²) in [6.45, 7) is 6.82. The van der Waals surface area contributed by atoms with Crippen LogP contribution in [0, 0.1) is 5.92 Å². The zero-order valence-corrected chi connectivity index (χ0v) is 18.9. The second kappa shape index (κ2) is 16.4. The Hall–Kier alpha value is -1.36. The van der Waals surface area contributed by atoms with E-state index in [0.29, 0.717) is 12.8 Å². The molecule has 0 saturated heterocycles. The molecule has 6 heteroatoms. The molecule has 0 aliphatic heterocycles. The molecule has 2 atom stereocenters. The van der Waals surface area contributed by atoms with E-state index in [0.717, 1.165) is 24.9 Å². The molecule has 0 saturated carbocycles. The van der Waals surface area contributed by atoms with Crippen molar-refractivity contribution in [1.82, 2.24) is 5.32 Å². The quantitative estimate of drug-likeness (QED) is 0.291. The van der Waals surface area contributed by atoms with Gasteiger partial charge in [0.1, 0.15) is 0 Å². The van der Waals surface area contributed by atoms with Gasteiger partial charge in [-0.2, -0.15) is 0 Å². The van der Waals surface area contributed by atoms with Gasteiger partial charge in [0.2, 0.25) is 0 Å². The number of hydrogen-bond acceptors (Lipinski definition) is 3. The normalized spacial score (nSPS) is 12.8. The fraction of sp³-hybridized carbons (Fsp3) is 0.652. The first-order valence-electron chi connectivity index (χ1n) is 10.7. The predicted octanol–water partition coefficient (Wildman–Crippen LogP) is 4.94. The molecule has 0 heterocycles. The zero-order chi connectivity index (χ0) is 20.8. The molecule has 0 radical (unpaired) electrons. The van der Waals surface area contributed by atoms with Crippen LogP contribution in [0.5, 0.6) is 0 Å². The molecule has 168 valence electrons. The summed E-state index contributed by atoms with van der Waals surface area (Å²) in [6.07, 6.45) is 8.02. The maximum atomic E-state index is 12.8. The first-order valence-corrected chi connectivity index (χ1v) is 10.7. The van der Waals surface area contributed by atoms with Crippen LogP contribution < -0.4 is 5.32 Å². The van der Waals surface area contributed by atoms with Crippen LogP contribution in [-0.4, -0.2) is 35.6 Å². The van der Waals surface area contributed by atoms with Gasteiger partial charge in [0, 0.05) is 0 Å². The number of aliphatic carboxylic acids is 1. The Kier molecular flexibility index (Phi) is 15.7. The van der Waals surface area contributed by atoms with Gasteiger partial charge < -0.3 is 20.5 Å². The number of carboxylic acid groups (broad SMARTS) is 1. The number of benzene rings is 1. The summed E-state index contributed by atoms with van der Waals surface area (Å²) in [4.78, 5) is 24.2. The van der Waals surface area contributed by atoms with Crippen LogP contribution in [0.2, 0.25) is 0 Å². The molecule has 0 aliphatic rings. The van der Waals surface area contributed by atoms with Gasteiger partial charge in [0.25, 0.3) is 5.97 Å². The molecule has 1 aromatic rings. The van der Waals surface area contributed by atoms with E-state index in [1.807, 2.05) is 44.2 Å².